The van der Waals surface area contributed by atoms with E-state index in [1.165, 1.54) is 6.20 Å². The van der Waals surface area contributed by atoms with Crippen LogP contribution in [0.15, 0.2) is 72.9 Å². The van der Waals surface area contributed by atoms with Gasteiger partial charge in [0.05, 0.1) is 0 Å². The van der Waals surface area contributed by atoms with Crippen LogP contribution in [0.5, 0.6) is 0 Å². The van der Waals surface area contributed by atoms with Gasteiger partial charge in [-0.1, -0.05) is 60.7 Å². The summed E-state index contributed by atoms with van der Waals surface area (Å²) in [5.41, 5.74) is 1.94. The van der Waals surface area contributed by atoms with Gasteiger partial charge in [-0.3, -0.25) is 0 Å². The monoisotopic (exact) mass is 533 g/mol. The molecule has 1 aliphatic heterocycles. The van der Waals surface area contributed by atoms with E-state index in [0.717, 1.165) is 35.5 Å². The Morgan fingerprint density at radius 2 is 1.44 bits per heavy atom. The van der Waals surface area contributed by atoms with Gasteiger partial charge in [0.1, 0.15) is 18.9 Å². The van der Waals surface area contributed by atoms with Crippen molar-refractivity contribution >= 4 is 34.7 Å². The second-order valence-electron chi connectivity index (χ2n) is 8.17. The van der Waals surface area contributed by atoms with Gasteiger partial charge in [-0.25, -0.2) is 18.3 Å². The Hall–Kier alpha value is -3.34. The van der Waals surface area contributed by atoms with E-state index in [-0.39, 0.29) is 37.2 Å². The van der Waals surface area contributed by atoms with Crippen molar-refractivity contribution in [1.29, 1.82) is 0 Å². The predicted molar refractivity (Wildman–Crippen MR) is 136 cm³/mol. The minimum Gasteiger partial charge on any atom is -0.456 e. The lowest BCUT2D eigenvalue weighted by atomic mass is 9.90. The number of hydrogen-bond acceptors (Lipinski definition) is 7. The fraction of sp³-hybridized carbons (Fsp3) is 0.280. The summed E-state index contributed by atoms with van der Waals surface area (Å²) in [5, 5.41) is 3.26. The maximum absolute atomic E-state index is 13.1. The molecule has 1 aliphatic rings. The van der Waals surface area contributed by atoms with Gasteiger partial charge in [0, 0.05) is 6.20 Å². The molecule has 1 fully saturated rings. The third kappa shape index (κ3) is 6.87. The van der Waals surface area contributed by atoms with Crippen molar-refractivity contribution in [1.82, 2.24) is 14.0 Å². The highest BCUT2D eigenvalue weighted by atomic mass is 35.5. The number of aromatic nitrogens is 1. The molecule has 0 bridgehead atoms. The number of hydrogen-bond donors (Lipinski definition) is 2. The maximum atomic E-state index is 13.1. The summed E-state index contributed by atoms with van der Waals surface area (Å²) in [6.07, 6.45) is 1.61. The average Bonchev–Trinajstić information content (AvgIpc) is 3.34. The van der Waals surface area contributed by atoms with Crippen molar-refractivity contribution in [2.75, 3.05) is 13.1 Å². The molecule has 192 valence electrons. The lowest BCUT2D eigenvalue weighted by Gasteiger charge is -2.23. The Morgan fingerprint density at radius 1 is 0.889 bits per heavy atom. The molecule has 2 aromatic carbocycles. The largest absolute Gasteiger partial charge is 0.456 e. The number of amides is 1. The molecular formula is C25H28ClN3O6S. The Bertz CT molecular complexity index is 1260. The third-order valence-electron chi connectivity index (χ3n) is 5.75. The number of esters is 1. The molecule has 0 saturated carbocycles. The summed E-state index contributed by atoms with van der Waals surface area (Å²) in [4.78, 5) is 25.4. The first-order valence-corrected chi connectivity index (χ1v) is 12.7. The molecule has 9 nitrogen and oxygen atoms in total. The van der Waals surface area contributed by atoms with E-state index in [2.05, 4.69) is 5.32 Å². The van der Waals surface area contributed by atoms with Gasteiger partial charge < -0.3 is 14.8 Å². The van der Waals surface area contributed by atoms with Gasteiger partial charge in [-0.15, -0.1) is 12.4 Å². The van der Waals surface area contributed by atoms with Gasteiger partial charge >= 0.3 is 22.3 Å². The molecule has 1 amide bonds. The summed E-state index contributed by atoms with van der Waals surface area (Å²) in [6.45, 7) is 1.40. The van der Waals surface area contributed by atoms with Crippen LogP contribution in [0.1, 0.15) is 45.9 Å². The Labute approximate surface area is 216 Å². The van der Waals surface area contributed by atoms with Gasteiger partial charge in [0.25, 0.3) is 0 Å². The predicted octanol–water partition coefficient (Wildman–Crippen LogP) is 3.75. The summed E-state index contributed by atoms with van der Waals surface area (Å²) >= 11 is 0. The Kier molecular flexibility index (Phi) is 9.51. The topological polar surface area (TPSA) is 116 Å². The number of rotatable bonds is 8. The highest BCUT2D eigenvalue weighted by Gasteiger charge is 2.31. The SMILES string of the molecule is Cl.O=C(NS(=O)(=O)n1ccc(C2CCNCC2)c1C(=O)OCc1ccccc1)OCc1ccccc1. The molecule has 4 rings (SSSR count). The number of carbonyl (C=O) groups excluding carboxylic acids is 2. The summed E-state index contributed by atoms with van der Waals surface area (Å²) in [6, 6.07) is 19.6. The van der Waals surface area contributed by atoms with Crippen molar-refractivity contribution in [2.24, 2.45) is 0 Å². The van der Waals surface area contributed by atoms with Crippen molar-refractivity contribution in [3.8, 4) is 0 Å². The van der Waals surface area contributed by atoms with Crippen LogP contribution in [-0.2, 0) is 32.9 Å². The summed E-state index contributed by atoms with van der Waals surface area (Å²) < 4.78 is 39.3. The number of carbonyl (C=O) groups is 2. The van der Waals surface area contributed by atoms with E-state index >= 15 is 0 Å². The van der Waals surface area contributed by atoms with Crippen molar-refractivity contribution in [3.05, 3.63) is 95.3 Å². The standard InChI is InChI=1S/C25H27N3O6S.ClH/c29-24(33-17-19-7-3-1-4-8-19)23-22(21-11-14-26-15-12-21)13-16-28(23)35(31,32)27-25(30)34-18-20-9-5-2-6-10-20;/h1-10,13,16,21,26H,11-12,14-15,17-18H2,(H,27,30);1H. The normalized spacial score (nSPS) is 13.9. The number of halogens is 1. The molecule has 1 aromatic heterocycles. The fourth-order valence-electron chi connectivity index (χ4n) is 4.00. The highest BCUT2D eigenvalue weighted by Crippen LogP contribution is 2.30. The Balaban J connectivity index is 0.00000361. The second-order valence-corrected chi connectivity index (χ2v) is 9.72. The van der Waals surface area contributed by atoms with Crippen LogP contribution in [0.25, 0.3) is 0 Å². The first-order valence-electron chi connectivity index (χ1n) is 11.3. The quantitative estimate of drug-likeness (QED) is 0.424. The van der Waals surface area contributed by atoms with E-state index in [1.807, 2.05) is 29.0 Å². The molecule has 2 N–H and O–H groups in total. The number of nitrogens with zero attached hydrogens (tertiary/aromatic N) is 1. The molecule has 0 radical (unpaired) electrons. The number of benzene rings is 2. The molecular weight excluding hydrogens is 506 g/mol. The molecule has 11 heteroatoms. The van der Waals surface area contributed by atoms with E-state index in [1.54, 1.807) is 42.5 Å². The molecule has 0 spiro atoms. The number of piperidine rings is 1. The summed E-state index contributed by atoms with van der Waals surface area (Å²) in [7, 11) is -4.46. The zero-order valence-corrected chi connectivity index (χ0v) is 21.1. The van der Waals surface area contributed by atoms with Gasteiger partial charge in [-0.05, 0) is 54.6 Å². The van der Waals surface area contributed by atoms with E-state index in [4.69, 9.17) is 9.47 Å². The van der Waals surface area contributed by atoms with Crippen LogP contribution in [-0.4, -0.2) is 37.5 Å². The molecule has 36 heavy (non-hydrogen) atoms. The summed E-state index contributed by atoms with van der Waals surface area (Å²) in [5.74, 6) is -0.799. The number of ether oxygens (including phenoxy) is 2. The fourth-order valence-corrected chi connectivity index (χ4v) is 5.01. The lowest BCUT2D eigenvalue weighted by Crippen LogP contribution is -2.37. The van der Waals surface area contributed by atoms with Crippen molar-refractivity contribution < 1.29 is 27.5 Å². The van der Waals surface area contributed by atoms with Crippen LogP contribution >= 0.6 is 12.4 Å². The third-order valence-corrected chi connectivity index (χ3v) is 7.00. The molecule has 0 unspecified atom stereocenters. The Morgan fingerprint density at radius 3 is 2.03 bits per heavy atom. The smallest absolute Gasteiger partial charge is 0.422 e. The van der Waals surface area contributed by atoms with Gasteiger partial charge in [0.15, 0.2) is 0 Å². The van der Waals surface area contributed by atoms with Crippen LogP contribution in [0, 0.1) is 0 Å². The zero-order valence-electron chi connectivity index (χ0n) is 19.5. The van der Waals surface area contributed by atoms with Crippen LogP contribution in [0.4, 0.5) is 4.79 Å². The lowest BCUT2D eigenvalue weighted by molar-refractivity contribution is 0.0462. The second kappa shape index (κ2) is 12.6. The zero-order chi connectivity index (χ0) is 24.7. The minimum absolute atomic E-state index is 0. The van der Waals surface area contributed by atoms with E-state index in [9.17, 15) is 18.0 Å². The first kappa shape index (κ1) is 27.3. The average molecular weight is 534 g/mol. The molecule has 1 saturated heterocycles. The maximum Gasteiger partial charge on any atom is 0.422 e. The van der Waals surface area contributed by atoms with Crippen molar-refractivity contribution in [2.45, 2.75) is 32.0 Å². The number of nitrogens with one attached hydrogen (secondary N) is 2. The highest BCUT2D eigenvalue weighted by molar-refractivity contribution is 7.88. The molecule has 3 aromatic rings. The first-order chi connectivity index (χ1) is 16.9. The van der Waals surface area contributed by atoms with E-state index < -0.39 is 22.3 Å². The van der Waals surface area contributed by atoms with Crippen molar-refractivity contribution in [3.63, 3.8) is 0 Å². The molecule has 0 aliphatic carbocycles. The molecule has 2 heterocycles. The van der Waals surface area contributed by atoms with Crippen LogP contribution < -0.4 is 10.0 Å². The van der Waals surface area contributed by atoms with Gasteiger partial charge in [-0.2, -0.15) is 8.42 Å². The van der Waals surface area contributed by atoms with Crippen LogP contribution in [0.2, 0.25) is 0 Å². The van der Waals surface area contributed by atoms with Gasteiger partial charge in [0.2, 0.25) is 0 Å². The van der Waals surface area contributed by atoms with Crippen LogP contribution in [0.3, 0.4) is 0 Å². The van der Waals surface area contributed by atoms with E-state index in [0.29, 0.717) is 11.1 Å². The molecule has 0 atom stereocenters. The minimum atomic E-state index is -4.46.